The maximum atomic E-state index is 10.0. The highest BCUT2D eigenvalue weighted by Gasteiger charge is 2.34. The van der Waals surface area contributed by atoms with Gasteiger partial charge in [0.15, 0.2) is 11.5 Å². The molecule has 2 atom stereocenters. The minimum absolute atomic E-state index is 0.0519. The zero-order valence-electron chi connectivity index (χ0n) is 20.4. The van der Waals surface area contributed by atoms with Gasteiger partial charge >= 0.3 is 0 Å². The first-order valence-electron chi connectivity index (χ1n) is 12.3. The van der Waals surface area contributed by atoms with E-state index in [0.717, 1.165) is 29.2 Å². The monoisotopic (exact) mass is 475 g/mol. The molecule has 1 unspecified atom stereocenters. The number of methoxy groups -OCH3 is 2. The summed E-state index contributed by atoms with van der Waals surface area (Å²) >= 11 is 0. The molecule has 35 heavy (non-hydrogen) atoms. The Labute approximate surface area is 207 Å². The van der Waals surface area contributed by atoms with Gasteiger partial charge in [-0.3, -0.25) is 4.90 Å². The zero-order chi connectivity index (χ0) is 24.2. The summed E-state index contributed by atoms with van der Waals surface area (Å²) in [6, 6.07) is 19.8. The normalized spacial score (nSPS) is 19.6. The van der Waals surface area contributed by atoms with Gasteiger partial charge in [0.05, 0.1) is 20.8 Å². The van der Waals surface area contributed by atoms with Crippen LogP contribution in [0.2, 0.25) is 0 Å². The molecule has 3 aromatic carbocycles. The van der Waals surface area contributed by atoms with Crippen LogP contribution in [-0.4, -0.2) is 57.1 Å². The molecule has 1 saturated heterocycles. The summed E-state index contributed by atoms with van der Waals surface area (Å²) in [5.74, 6) is 3.32. The van der Waals surface area contributed by atoms with E-state index in [1.54, 1.807) is 26.4 Å². The Morgan fingerprint density at radius 1 is 0.886 bits per heavy atom. The molecule has 2 aliphatic heterocycles. The molecule has 0 amide bonds. The first kappa shape index (κ1) is 23.4. The molecule has 0 aliphatic carbocycles. The minimum atomic E-state index is 0.0519. The van der Waals surface area contributed by atoms with Gasteiger partial charge in [0.1, 0.15) is 23.9 Å². The number of phenols is 1. The fourth-order valence-corrected chi connectivity index (χ4v) is 5.25. The van der Waals surface area contributed by atoms with E-state index >= 15 is 0 Å². The van der Waals surface area contributed by atoms with Crippen molar-refractivity contribution in [2.45, 2.75) is 24.7 Å². The number of rotatable bonds is 8. The van der Waals surface area contributed by atoms with E-state index in [1.807, 2.05) is 18.2 Å². The molecular formula is C29H33NO5. The molecule has 3 aromatic rings. The fraction of sp³-hybridized carbons (Fsp3) is 0.379. The summed E-state index contributed by atoms with van der Waals surface area (Å²) < 4.78 is 23.2. The van der Waals surface area contributed by atoms with Gasteiger partial charge in [0.25, 0.3) is 0 Å². The summed E-state index contributed by atoms with van der Waals surface area (Å²) in [5, 5.41) is 10.0. The number of nitrogens with zero attached hydrogens (tertiary/aromatic N) is 1. The Bertz CT molecular complexity index is 1140. The van der Waals surface area contributed by atoms with Gasteiger partial charge in [-0.2, -0.15) is 0 Å². The minimum Gasteiger partial charge on any atom is -0.508 e. The number of hydrogen-bond donors (Lipinski definition) is 1. The second kappa shape index (κ2) is 10.5. The van der Waals surface area contributed by atoms with Gasteiger partial charge < -0.3 is 24.1 Å². The van der Waals surface area contributed by atoms with Crippen molar-refractivity contribution in [1.29, 1.82) is 0 Å². The SMILES string of the molecule is COc1ccc([C@H]2COc3cc(O)ccc3C2c2ccc(OCCN3CCCC3)cc2)cc1OC. The lowest BCUT2D eigenvalue weighted by Gasteiger charge is -2.35. The molecule has 0 aromatic heterocycles. The van der Waals surface area contributed by atoms with Gasteiger partial charge in [-0.05, 0) is 67.4 Å². The molecular weight excluding hydrogens is 442 g/mol. The maximum absolute atomic E-state index is 10.0. The lowest BCUT2D eigenvalue weighted by molar-refractivity contribution is 0.237. The molecule has 6 heteroatoms. The Morgan fingerprint density at radius 2 is 1.63 bits per heavy atom. The van der Waals surface area contributed by atoms with Crippen molar-refractivity contribution in [1.82, 2.24) is 4.90 Å². The van der Waals surface area contributed by atoms with Crippen molar-refractivity contribution in [3.63, 3.8) is 0 Å². The number of phenolic OH excluding ortho intramolecular Hbond substituents is 1. The van der Waals surface area contributed by atoms with Gasteiger partial charge in [0, 0.05) is 30.0 Å². The van der Waals surface area contributed by atoms with Crippen LogP contribution in [0.4, 0.5) is 0 Å². The fourth-order valence-electron chi connectivity index (χ4n) is 5.25. The second-order valence-corrected chi connectivity index (χ2v) is 9.20. The molecule has 0 bridgehead atoms. The summed E-state index contributed by atoms with van der Waals surface area (Å²) in [7, 11) is 3.29. The van der Waals surface area contributed by atoms with E-state index < -0.39 is 0 Å². The molecule has 0 spiro atoms. The van der Waals surface area contributed by atoms with Crippen LogP contribution in [0, 0.1) is 0 Å². The number of likely N-dealkylation sites (tertiary alicyclic amines) is 1. The molecule has 184 valence electrons. The predicted octanol–water partition coefficient (Wildman–Crippen LogP) is 5.19. The lowest BCUT2D eigenvalue weighted by Crippen LogP contribution is -2.25. The third kappa shape index (κ3) is 5.03. The first-order valence-corrected chi connectivity index (χ1v) is 12.3. The molecule has 2 heterocycles. The van der Waals surface area contributed by atoms with Gasteiger partial charge in [-0.25, -0.2) is 0 Å². The topological polar surface area (TPSA) is 60.4 Å². The molecule has 0 radical (unpaired) electrons. The average Bonchev–Trinajstić information content (AvgIpc) is 3.41. The maximum Gasteiger partial charge on any atom is 0.160 e. The number of ether oxygens (including phenoxy) is 4. The van der Waals surface area contributed by atoms with Crippen LogP contribution in [0.15, 0.2) is 60.7 Å². The number of aromatic hydroxyl groups is 1. The average molecular weight is 476 g/mol. The molecule has 5 rings (SSSR count). The molecule has 0 saturated carbocycles. The summed E-state index contributed by atoms with van der Waals surface area (Å²) in [6.07, 6.45) is 2.58. The van der Waals surface area contributed by atoms with E-state index in [9.17, 15) is 5.11 Å². The number of benzene rings is 3. The third-order valence-corrected chi connectivity index (χ3v) is 7.10. The van der Waals surface area contributed by atoms with Crippen LogP contribution in [0.25, 0.3) is 0 Å². The van der Waals surface area contributed by atoms with Gasteiger partial charge in [0.2, 0.25) is 0 Å². The van der Waals surface area contributed by atoms with Gasteiger partial charge in [-0.15, -0.1) is 0 Å². The highest BCUT2D eigenvalue weighted by molar-refractivity contribution is 5.52. The van der Waals surface area contributed by atoms with Crippen molar-refractivity contribution in [2.24, 2.45) is 0 Å². The highest BCUT2D eigenvalue weighted by atomic mass is 16.5. The van der Waals surface area contributed by atoms with Crippen LogP contribution in [-0.2, 0) is 0 Å². The molecule has 2 aliphatic rings. The summed E-state index contributed by atoms with van der Waals surface area (Å²) in [4.78, 5) is 2.45. The highest BCUT2D eigenvalue weighted by Crippen LogP contribution is 2.48. The van der Waals surface area contributed by atoms with E-state index in [0.29, 0.717) is 24.7 Å². The van der Waals surface area contributed by atoms with E-state index in [1.165, 1.54) is 31.5 Å². The smallest absolute Gasteiger partial charge is 0.160 e. The van der Waals surface area contributed by atoms with Crippen molar-refractivity contribution in [3.8, 4) is 28.7 Å². The molecule has 1 N–H and O–H groups in total. The Kier molecular flexibility index (Phi) is 7.00. The molecule has 1 fully saturated rings. The predicted molar refractivity (Wildman–Crippen MR) is 135 cm³/mol. The zero-order valence-corrected chi connectivity index (χ0v) is 20.4. The van der Waals surface area contributed by atoms with Gasteiger partial charge in [-0.1, -0.05) is 24.3 Å². The Hall–Kier alpha value is -3.38. The van der Waals surface area contributed by atoms with Crippen LogP contribution < -0.4 is 18.9 Å². The van der Waals surface area contributed by atoms with Crippen molar-refractivity contribution >= 4 is 0 Å². The van der Waals surface area contributed by atoms with Crippen LogP contribution in [0.5, 0.6) is 28.7 Å². The third-order valence-electron chi connectivity index (χ3n) is 7.10. The van der Waals surface area contributed by atoms with E-state index in [-0.39, 0.29) is 17.6 Å². The Balaban J connectivity index is 1.42. The number of hydrogen-bond acceptors (Lipinski definition) is 6. The standard InChI is InChI=1S/C29H33NO5/c1-32-26-12-7-21(17-28(26)33-2)25-19-35-27-18-22(31)8-11-24(27)29(25)20-5-9-23(10-6-20)34-16-15-30-13-3-4-14-30/h5-12,17-18,25,29,31H,3-4,13-16,19H2,1-2H3/t25-,29?/m1/s1. The largest absolute Gasteiger partial charge is 0.508 e. The Morgan fingerprint density at radius 3 is 2.37 bits per heavy atom. The van der Waals surface area contributed by atoms with Crippen LogP contribution in [0.3, 0.4) is 0 Å². The van der Waals surface area contributed by atoms with Crippen LogP contribution >= 0.6 is 0 Å². The van der Waals surface area contributed by atoms with E-state index in [2.05, 4.69) is 35.2 Å². The molecule has 6 nitrogen and oxygen atoms in total. The van der Waals surface area contributed by atoms with Crippen LogP contribution in [0.1, 0.15) is 41.4 Å². The number of fused-ring (bicyclic) bond motifs is 1. The quantitative estimate of drug-likeness (QED) is 0.484. The van der Waals surface area contributed by atoms with Crippen molar-refractivity contribution in [3.05, 3.63) is 77.4 Å². The lowest BCUT2D eigenvalue weighted by atomic mass is 9.76. The van der Waals surface area contributed by atoms with E-state index in [4.69, 9.17) is 18.9 Å². The second-order valence-electron chi connectivity index (χ2n) is 9.20. The van der Waals surface area contributed by atoms with Crippen molar-refractivity contribution < 1.29 is 24.1 Å². The first-order chi connectivity index (χ1) is 17.2. The summed E-state index contributed by atoms with van der Waals surface area (Å²) in [6.45, 7) is 4.52. The summed E-state index contributed by atoms with van der Waals surface area (Å²) in [5.41, 5.74) is 3.33. The van der Waals surface area contributed by atoms with Crippen molar-refractivity contribution in [2.75, 3.05) is 47.1 Å².